The molecule has 0 radical (unpaired) electrons. The highest BCUT2D eigenvalue weighted by Crippen LogP contribution is 2.40. The number of nitriles is 1. The number of carbonyl (C=O) groups is 1. The molecule has 0 amide bonds. The smallest absolute Gasteiger partial charge is 0.306 e. The Morgan fingerprint density at radius 3 is 2.90 bits per heavy atom. The maximum Gasteiger partial charge on any atom is 0.306 e. The van der Waals surface area contributed by atoms with Gasteiger partial charge in [-0.15, -0.1) is 0 Å². The van der Waals surface area contributed by atoms with Crippen LogP contribution in [0.2, 0.25) is 0 Å². The number of aromatic nitrogens is 3. The van der Waals surface area contributed by atoms with Gasteiger partial charge in [0.2, 0.25) is 5.60 Å². The molecule has 10 heteroatoms. The van der Waals surface area contributed by atoms with Crippen LogP contribution in [0, 0.1) is 17.2 Å². The third-order valence-corrected chi connectivity index (χ3v) is 5.83. The van der Waals surface area contributed by atoms with Crippen molar-refractivity contribution < 1.29 is 24.5 Å². The van der Waals surface area contributed by atoms with Crippen LogP contribution in [0.25, 0.3) is 5.52 Å². The summed E-state index contributed by atoms with van der Waals surface area (Å²) >= 11 is 0. The summed E-state index contributed by atoms with van der Waals surface area (Å²) in [7, 11) is 0. The number of nitrogens with zero attached hydrogens (tertiary/aromatic N) is 4. The number of rotatable bonds is 5. The van der Waals surface area contributed by atoms with Crippen LogP contribution in [-0.2, 0) is 19.9 Å². The van der Waals surface area contributed by atoms with Crippen molar-refractivity contribution >= 4 is 17.3 Å². The van der Waals surface area contributed by atoms with E-state index in [2.05, 4.69) is 10.1 Å². The van der Waals surface area contributed by atoms with E-state index in [1.165, 1.54) is 16.9 Å². The van der Waals surface area contributed by atoms with Crippen molar-refractivity contribution in [2.75, 3.05) is 12.3 Å². The molecule has 2 aromatic heterocycles. The van der Waals surface area contributed by atoms with Crippen molar-refractivity contribution in [3.05, 3.63) is 24.2 Å². The van der Waals surface area contributed by atoms with Crippen LogP contribution in [0.4, 0.5) is 5.82 Å². The van der Waals surface area contributed by atoms with Gasteiger partial charge in [0.25, 0.3) is 0 Å². The van der Waals surface area contributed by atoms with E-state index >= 15 is 0 Å². The fourth-order valence-corrected chi connectivity index (χ4v) is 4.23. The Bertz CT molecular complexity index is 950. The number of hydrogen-bond acceptors (Lipinski definition) is 9. The summed E-state index contributed by atoms with van der Waals surface area (Å²) in [5.74, 6) is 0.160. The van der Waals surface area contributed by atoms with E-state index in [9.17, 15) is 20.3 Å². The molecule has 2 fully saturated rings. The number of ether oxygens (including phenoxy) is 2. The van der Waals surface area contributed by atoms with Gasteiger partial charge in [-0.1, -0.05) is 12.8 Å². The highest BCUT2D eigenvalue weighted by Gasteiger charge is 2.57. The predicted molar refractivity (Wildman–Crippen MR) is 99.1 cm³/mol. The molecule has 2 aliphatic rings. The second-order valence-corrected chi connectivity index (χ2v) is 7.64. The highest BCUT2D eigenvalue weighted by molar-refractivity contribution is 5.69. The molecule has 4 rings (SSSR count). The molecule has 1 saturated carbocycles. The van der Waals surface area contributed by atoms with Gasteiger partial charge in [0.15, 0.2) is 5.82 Å². The topological polar surface area (TPSA) is 156 Å². The number of hydrogen-bond donors (Lipinski definition) is 3. The highest BCUT2D eigenvalue weighted by atomic mass is 16.6. The molecular weight excluding hydrogens is 378 g/mol. The molecule has 10 nitrogen and oxygen atoms in total. The first-order valence-corrected chi connectivity index (χ1v) is 9.66. The molecule has 1 aliphatic carbocycles. The lowest BCUT2D eigenvalue weighted by molar-refractivity contribution is -0.151. The Hall–Kier alpha value is -2.74. The lowest BCUT2D eigenvalue weighted by Crippen LogP contribution is -2.41. The van der Waals surface area contributed by atoms with Crippen LogP contribution < -0.4 is 5.73 Å². The number of esters is 1. The molecule has 1 saturated heterocycles. The van der Waals surface area contributed by atoms with E-state index in [1.54, 1.807) is 6.07 Å². The van der Waals surface area contributed by atoms with Crippen molar-refractivity contribution in [2.24, 2.45) is 5.92 Å². The van der Waals surface area contributed by atoms with Gasteiger partial charge in [-0.05, 0) is 30.9 Å². The fraction of sp³-hybridized carbons (Fsp3) is 0.579. The molecule has 4 N–H and O–H groups in total. The number of carbonyl (C=O) groups excluding carboxylic acids is 1. The number of aliphatic hydroxyl groups excluding tert-OH is 2. The summed E-state index contributed by atoms with van der Waals surface area (Å²) < 4.78 is 12.4. The molecular formula is C19H23N5O5. The lowest BCUT2D eigenvalue weighted by Gasteiger charge is -2.24. The summed E-state index contributed by atoms with van der Waals surface area (Å²) in [5.41, 5.74) is 4.57. The van der Waals surface area contributed by atoms with Crippen LogP contribution in [0.15, 0.2) is 18.5 Å². The molecule has 0 aromatic carbocycles. The third kappa shape index (κ3) is 3.31. The first-order valence-electron chi connectivity index (χ1n) is 9.66. The van der Waals surface area contributed by atoms with Gasteiger partial charge in [-0.25, -0.2) is 9.50 Å². The van der Waals surface area contributed by atoms with Crippen molar-refractivity contribution in [1.82, 2.24) is 14.6 Å². The maximum absolute atomic E-state index is 12.1. The minimum absolute atomic E-state index is 0.199. The minimum Gasteiger partial charge on any atom is -0.463 e. The number of nitrogen functional groups attached to an aromatic ring is 1. The van der Waals surface area contributed by atoms with Crippen molar-refractivity contribution in [1.29, 1.82) is 5.26 Å². The molecule has 154 valence electrons. The predicted octanol–water partition coefficient (Wildman–Crippen LogP) is 0.274. The van der Waals surface area contributed by atoms with Crippen molar-refractivity contribution in [3.63, 3.8) is 0 Å². The van der Waals surface area contributed by atoms with Gasteiger partial charge in [0, 0.05) is 6.42 Å². The summed E-state index contributed by atoms with van der Waals surface area (Å²) in [4.78, 5) is 16.0. The van der Waals surface area contributed by atoms with Gasteiger partial charge in [-0.2, -0.15) is 10.4 Å². The van der Waals surface area contributed by atoms with Crippen LogP contribution >= 0.6 is 0 Å². The zero-order chi connectivity index (χ0) is 20.6. The van der Waals surface area contributed by atoms with E-state index < -0.39 is 23.9 Å². The van der Waals surface area contributed by atoms with E-state index in [0.29, 0.717) is 17.9 Å². The van der Waals surface area contributed by atoms with E-state index in [0.717, 1.165) is 25.7 Å². The molecule has 0 spiro atoms. The second kappa shape index (κ2) is 7.59. The van der Waals surface area contributed by atoms with Gasteiger partial charge in [0.1, 0.15) is 42.8 Å². The Morgan fingerprint density at radius 2 is 2.17 bits per heavy atom. The Morgan fingerprint density at radius 1 is 1.41 bits per heavy atom. The summed E-state index contributed by atoms with van der Waals surface area (Å²) in [6.45, 7) is -0.256. The van der Waals surface area contributed by atoms with Crippen LogP contribution in [-0.4, -0.2) is 55.7 Å². The first kappa shape index (κ1) is 19.6. The molecule has 29 heavy (non-hydrogen) atoms. The van der Waals surface area contributed by atoms with Crippen molar-refractivity contribution in [2.45, 2.75) is 56.0 Å². The van der Waals surface area contributed by atoms with Gasteiger partial charge in [-0.3, -0.25) is 4.79 Å². The zero-order valence-electron chi connectivity index (χ0n) is 15.8. The number of anilines is 1. The van der Waals surface area contributed by atoms with E-state index in [1.807, 2.05) is 6.07 Å². The lowest BCUT2D eigenvalue weighted by atomic mass is 9.92. The quantitative estimate of drug-likeness (QED) is 0.599. The number of fused-ring (bicyclic) bond motifs is 1. The third-order valence-electron chi connectivity index (χ3n) is 5.83. The normalized spacial score (nSPS) is 29.9. The maximum atomic E-state index is 12.1. The zero-order valence-corrected chi connectivity index (χ0v) is 15.8. The summed E-state index contributed by atoms with van der Waals surface area (Å²) in [6.07, 6.45) is 1.78. The fourth-order valence-electron chi connectivity index (χ4n) is 4.23. The monoisotopic (exact) mass is 401 g/mol. The molecule has 1 unspecified atom stereocenters. The average Bonchev–Trinajstić information content (AvgIpc) is 3.42. The Kier molecular flexibility index (Phi) is 5.12. The average molecular weight is 401 g/mol. The molecule has 0 bridgehead atoms. The molecule has 4 atom stereocenters. The van der Waals surface area contributed by atoms with Crippen LogP contribution in [0.5, 0.6) is 0 Å². The first-order chi connectivity index (χ1) is 14.0. The largest absolute Gasteiger partial charge is 0.463 e. The summed E-state index contributed by atoms with van der Waals surface area (Å²) in [5, 5.41) is 35.0. The van der Waals surface area contributed by atoms with Crippen LogP contribution in [0.3, 0.4) is 0 Å². The Labute approximate surface area is 166 Å². The van der Waals surface area contributed by atoms with E-state index in [-0.39, 0.29) is 24.1 Å². The van der Waals surface area contributed by atoms with Crippen LogP contribution in [0.1, 0.15) is 37.8 Å². The van der Waals surface area contributed by atoms with Gasteiger partial charge < -0.3 is 25.4 Å². The summed E-state index contributed by atoms with van der Waals surface area (Å²) in [6, 6.07) is 5.09. The number of aliphatic hydroxyl groups is 2. The molecule has 2 aromatic rings. The minimum atomic E-state index is -1.89. The standard InChI is InChI=1S/C19H23N5O5/c20-9-19(14-6-5-12-18(21)22-10-23-24(12)14)17(27)16(26)13(29-19)8-28-15(25)7-11-3-1-2-4-11/h5-6,10-11,13,16-17,26-27H,1-4,7-8H2,(H2,21,22,23)/t13?,16-,17-,19+/m1/s1. The van der Waals surface area contributed by atoms with E-state index in [4.69, 9.17) is 15.2 Å². The van der Waals surface area contributed by atoms with Crippen molar-refractivity contribution in [3.8, 4) is 6.07 Å². The van der Waals surface area contributed by atoms with Gasteiger partial charge in [0.05, 0.1) is 5.69 Å². The number of nitrogens with two attached hydrogens (primary N) is 1. The molecule has 3 heterocycles. The SMILES string of the molecule is N#C[C@@]1(c2ccc3c(N)ncnn23)OC(COC(=O)CC2CCCC2)[C@@H](O)[C@H]1O. The second-order valence-electron chi connectivity index (χ2n) is 7.64. The van der Waals surface area contributed by atoms with Gasteiger partial charge >= 0.3 is 5.97 Å². The Balaban J connectivity index is 1.52. The molecule has 1 aliphatic heterocycles.